The molecule has 3 heteroatoms. The summed E-state index contributed by atoms with van der Waals surface area (Å²) in [6.45, 7) is 0. The summed E-state index contributed by atoms with van der Waals surface area (Å²) in [5.74, 6) is 0. The molecule has 0 unspecified atom stereocenters. The summed E-state index contributed by atoms with van der Waals surface area (Å²) in [6.07, 6.45) is 4.23. The quantitative estimate of drug-likeness (QED) is 0.697. The second-order valence-corrected chi connectivity index (χ2v) is 4.51. The SMILES string of the molecule is C1=N[C@H](c2nc3ccccc3s2)CC1. The molecule has 0 amide bonds. The molecule has 0 fully saturated rings. The van der Waals surface area contributed by atoms with Crippen LogP contribution in [0.3, 0.4) is 0 Å². The number of rotatable bonds is 1. The maximum Gasteiger partial charge on any atom is 0.118 e. The van der Waals surface area contributed by atoms with Crippen LogP contribution in [0.15, 0.2) is 29.3 Å². The van der Waals surface area contributed by atoms with E-state index in [-0.39, 0.29) is 0 Å². The first-order chi connectivity index (χ1) is 6.93. The number of benzene rings is 1. The zero-order valence-corrected chi connectivity index (χ0v) is 8.50. The third kappa shape index (κ3) is 1.24. The molecule has 0 aliphatic carbocycles. The molecule has 1 aliphatic heterocycles. The number of nitrogens with zero attached hydrogens (tertiary/aromatic N) is 2. The van der Waals surface area contributed by atoms with Crippen LogP contribution >= 0.6 is 11.3 Å². The van der Waals surface area contributed by atoms with E-state index in [9.17, 15) is 0 Å². The molecular formula is C11H10N2S. The van der Waals surface area contributed by atoms with Gasteiger partial charge in [-0.25, -0.2) is 4.98 Å². The fourth-order valence-corrected chi connectivity index (χ4v) is 2.78. The van der Waals surface area contributed by atoms with Gasteiger partial charge in [0, 0.05) is 0 Å². The van der Waals surface area contributed by atoms with E-state index in [0.29, 0.717) is 6.04 Å². The monoisotopic (exact) mass is 202 g/mol. The Morgan fingerprint density at radius 2 is 2.21 bits per heavy atom. The minimum atomic E-state index is 0.326. The van der Waals surface area contributed by atoms with Crippen molar-refractivity contribution < 1.29 is 0 Å². The van der Waals surface area contributed by atoms with Gasteiger partial charge in [-0.3, -0.25) is 4.99 Å². The Hall–Kier alpha value is -1.22. The molecule has 1 aromatic heterocycles. The first-order valence-corrected chi connectivity index (χ1v) is 5.62. The van der Waals surface area contributed by atoms with E-state index >= 15 is 0 Å². The van der Waals surface area contributed by atoms with Gasteiger partial charge in [-0.2, -0.15) is 0 Å². The van der Waals surface area contributed by atoms with Crippen molar-refractivity contribution in [3.05, 3.63) is 29.3 Å². The summed E-state index contributed by atoms with van der Waals surface area (Å²) in [6, 6.07) is 8.60. The largest absolute Gasteiger partial charge is 0.287 e. The smallest absolute Gasteiger partial charge is 0.118 e. The van der Waals surface area contributed by atoms with Crippen LogP contribution in [0.2, 0.25) is 0 Å². The van der Waals surface area contributed by atoms with Crippen molar-refractivity contribution in [1.82, 2.24) is 4.98 Å². The summed E-state index contributed by atoms with van der Waals surface area (Å²) in [7, 11) is 0. The molecule has 0 radical (unpaired) electrons. The van der Waals surface area contributed by atoms with Crippen molar-refractivity contribution in [3.8, 4) is 0 Å². The molecule has 1 aromatic carbocycles. The lowest BCUT2D eigenvalue weighted by molar-refractivity contribution is 0.719. The Labute approximate surface area is 86.3 Å². The second kappa shape index (κ2) is 3.17. The van der Waals surface area contributed by atoms with Crippen LogP contribution in [-0.2, 0) is 0 Å². The molecule has 1 aliphatic rings. The maximum absolute atomic E-state index is 4.60. The van der Waals surface area contributed by atoms with E-state index < -0.39 is 0 Å². The van der Waals surface area contributed by atoms with Gasteiger partial charge >= 0.3 is 0 Å². The minimum Gasteiger partial charge on any atom is -0.287 e. The van der Waals surface area contributed by atoms with Gasteiger partial charge in [0.15, 0.2) is 0 Å². The van der Waals surface area contributed by atoms with E-state index in [4.69, 9.17) is 0 Å². The molecule has 14 heavy (non-hydrogen) atoms. The highest BCUT2D eigenvalue weighted by Crippen LogP contribution is 2.32. The molecule has 70 valence electrons. The standard InChI is InChI=1S/C11H10N2S/c1-2-6-10-8(4-1)13-11(14-10)9-5-3-7-12-9/h1-2,4,6-7,9H,3,5H2/t9-/m0/s1. The van der Waals surface area contributed by atoms with Crippen molar-refractivity contribution in [2.24, 2.45) is 4.99 Å². The van der Waals surface area contributed by atoms with Crippen molar-refractivity contribution in [2.75, 3.05) is 0 Å². The van der Waals surface area contributed by atoms with Crippen LogP contribution in [-0.4, -0.2) is 11.2 Å². The van der Waals surface area contributed by atoms with Gasteiger partial charge in [-0.1, -0.05) is 12.1 Å². The minimum absolute atomic E-state index is 0.326. The summed E-state index contributed by atoms with van der Waals surface area (Å²) in [5.41, 5.74) is 1.11. The highest BCUT2D eigenvalue weighted by Gasteiger charge is 2.16. The third-order valence-electron chi connectivity index (χ3n) is 2.45. The van der Waals surface area contributed by atoms with Crippen molar-refractivity contribution in [3.63, 3.8) is 0 Å². The zero-order chi connectivity index (χ0) is 9.38. The number of thiazole rings is 1. The Kier molecular flexibility index (Phi) is 1.84. The molecule has 3 rings (SSSR count). The predicted molar refractivity (Wildman–Crippen MR) is 60.1 cm³/mol. The third-order valence-corrected chi connectivity index (χ3v) is 3.59. The van der Waals surface area contributed by atoms with Gasteiger partial charge in [0.1, 0.15) is 11.0 Å². The van der Waals surface area contributed by atoms with E-state index in [0.717, 1.165) is 18.4 Å². The van der Waals surface area contributed by atoms with Gasteiger partial charge < -0.3 is 0 Å². The number of hydrogen-bond acceptors (Lipinski definition) is 3. The zero-order valence-electron chi connectivity index (χ0n) is 7.68. The first-order valence-electron chi connectivity index (χ1n) is 4.80. The fourth-order valence-electron chi connectivity index (χ4n) is 1.73. The van der Waals surface area contributed by atoms with E-state index in [1.165, 1.54) is 9.71 Å². The summed E-state index contributed by atoms with van der Waals surface area (Å²) in [4.78, 5) is 9.02. The van der Waals surface area contributed by atoms with Crippen LogP contribution < -0.4 is 0 Å². The normalized spacial score (nSPS) is 20.7. The predicted octanol–water partition coefficient (Wildman–Crippen LogP) is 3.20. The molecule has 0 N–H and O–H groups in total. The van der Waals surface area contributed by atoms with Crippen molar-refractivity contribution >= 4 is 27.8 Å². The Morgan fingerprint density at radius 3 is 3.00 bits per heavy atom. The lowest BCUT2D eigenvalue weighted by Gasteiger charge is -1.98. The average molecular weight is 202 g/mol. The maximum atomic E-state index is 4.60. The summed E-state index contributed by atoms with van der Waals surface area (Å²) < 4.78 is 1.27. The summed E-state index contributed by atoms with van der Waals surface area (Å²) in [5, 5.41) is 1.17. The average Bonchev–Trinajstić information content (AvgIpc) is 2.86. The van der Waals surface area contributed by atoms with Crippen LogP contribution in [0.25, 0.3) is 10.2 Å². The van der Waals surface area contributed by atoms with Gasteiger partial charge in [-0.05, 0) is 31.2 Å². The Morgan fingerprint density at radius 1 is 1.29 bits per heavy atom. The van der Waals surface area contributed by atoms with Crippen molar-refractivity contribution in [2.45, 2.75) is 18.9 Å². The molecule has 0 bridgehead atoms. The lowest BCUT2D eigenvalue weighted by atomic mass is 10.2. The van der Waals surface area contributed by atoms with E-state index in [1.807, 2.05) is 12.3 Å². The van der Waals surface area contributed by atoms with Gasteiger partial charge in [0.25, 0.3) is 0 Å². The molecular weight excluding hydrogens is 192 g/mol. The molecule has 2 aromatic rings. The van der Waals surface area contributed by atoms with Crippen LogP contribution in [0, 0.1) is 0 Å². The molecule has 0 saturated carbocycles. The van der Waals surface area contributed by atoms with Crippen LogP contribution in [0.4, 0.5) is 0 Å². The van der Waals surface area contributed by atoms with E-state index in [1.54, 1.807) is 11.3 Å². The highest BCUT2D eigenvalue weighted by molar-refractivity contribution is 7.18. The lowest BCUT2D eigenvalue weighted by Crippen LogP contribution is -1.87. The summed E-state index contributed by atoms with van der Waals surface area (Å²) >= 11 is 1.77. The molecule has 2 nitrogen and oxygen atoms in total. The number of para-hydroxylation sites is 1. The van der Waals surface area contributed by atoms with Gasteiger partial charge in [0.2, 0.25) is 0 Å². The molecule has 0 saturated heterocycles. The Bertz CT molecular complexity index is 454. The Balaban J connectivity index is 2.09. The van der Waals surface area contributed by atoms with Gasteiger partial charge in [0.05, 0.1) is 10.2 Å². The highest BCUT2D eigenvalue weighted by atomic mass is 32.1. The van der Waals surface area contributed by atoms with Gasteiger partial charge in [-0.15, -0.1) is 11.3 Å². The number of fused-ring (bicyclic) bond motifs is 1. The molecule has 0 spiro atoms. The van der Waals surface area contributed by atoms with Crippen LogP contribution in [0.5, 0.6) is 0 Å². The molecule has 2 heterocycles. The first kappa shape index (κ1) is 8.12. The second-order valence-electron chi connectivity index (χ2n) is 3.44. The topological polar surface area (TPSA) is 25.2 Å². The molecule has 1 atom stereocenters. The number of aromatic nitrogens is 1. The van der Waals surface area contributed by atoms with E-state index in [2.05, 4.69) is 28.2 Å². The van der Waals surface area contributed by atoms with Crippen LogP contribution in [0.1, 0.15) is 23.9 Å². The number of aliphatic imine (C=N–C) groups is 1. The number of hydrogen-bond donors (Lipinski definition) is 0. The van der Waals surface area contributed by atoms with Crippen molar-refractivity contribution in [1.29, 1.82) is 0 Å². The fraction of sp³-hybridized carbons (Fsp3) is 0.273.